The van der Waals surface area contributed by atoms with Crippen LogP contribution in [0.5, 0.6) is 0 Å². The lowest BCUT2D eigenvalue weighted by Crippen LogP contribution is -1.87. The minimum absolute atomic E-state index is 0.541. The van der Waals surface area contributed by atoms with Gasteiger partial charge in [-0.25, -0.2) is 0 Å². The molecule has 0 fully saturated rings. The fourth-order valence-corrected chi connectivity index (χ4v) is 1.09. The van der Waals surface area contributed by atoms with Crippen LogP contribution in [-0.4, -0.2) is 14.3 Å². The second-order valence-corrected chi connectivity index (χ2v) is 3.33. The van der Waals surface area contributed by atoms with Crippen LogP contribution in [0.3, 0.4) is 0 Å². The van der Waals surface area contributed by atoms with Crippen LogP contribution in [0.2, 0.25) is 0 Å². The number of hydrogen-bond donors (Lipinski definition) is 0. The van der Waals surface area contributed by atoms with Crippen LogP contribution < -0.4 is 0 Å². The van der Waals surface area contributed by atoms with Crippen molar-refractivity contribution in [1.29, 1.82) is 0 Å². The van der Waals surface area contributed by atoms with Gasteiger partial charge in [0.05, 0.1) is 6.20 Å². The fourth-order valence-electron chi connectivity index (χ4n) is 0.482. The summed E-state index contributed by atoms with van der Waals surface area (Å²) in [7, 11) is 5.56. The summed E-state index contributed by atoms with van der Waals surface area (Å²) >= 11 is 0. The Bertz CT molecular complexity index is 200. The summed E-state index contributed by atoms with van der Waals surface area (Å²) in [6, 6.07) is 0. The number of aromatic nitrogens is 2. The molecule has 0 amide bonds. The summed E-state index contributed by atoms with van der Waals surface area (Å²) in [6.07, 6.45) is 3.09. The Hall–Kier alpha value is -0.190. The summed E-state index contributed by atoms with van der Waals surface area (Å²) in [5.74, 6) is 0. The van der Waals surface area contributed by atoms with Crippen molar-refractivity contribution < 1.29 is 4.55 Å². The quantitative estimate of drug-likeness (QED) is 0.573. The first-order valence-corrected chi connectivity index (χ1v) is 4.24. The first kappa shape index (κ1) is 6.92. The van der Waals surface area contributed by atoms with Crippen LogP contribution in [0.25, 0.3) is 0 Å². The SMILES string of the molecule is Cn1cc([S+]([O-])Cl)cn1. The van der Waals surface area contributed by atoms with Crippen LogP contribution in [0.4, 0.5) is 0 Å². The molecule has 0 aliphatic heterocycles. The maximum atomic E-state index is 10.5. The van der Waals surface area contributed by atoms with Gasteiger partial charge in [0.25, 0.3) is 0 Å². The third-order valence-corrected chi connectivity index (χ3v) is 1.98. The molecular weight excluding hydrogens is 160 g/mol. The van der Waals surface area contributed by atoms with E-state index in [2.05, 4.69) is 5.10 Å². The molecule has 0 spiro atoms. The van der Waals surface area contributed by atoms with Crippen molar-refractivity contribution in [2.24, 2.45) is 7.05 Å². The van der Waals surface area contributed by atoms with Gasteiger partial charge in [0.1, 0.15) is 16.6 Å². The molecule has 3 nitrogen and oxygen atoms in total. The largest absolute Gasteiger partial charge is 0.594 e. The molecule has 0 radical (unpaired) electrons. The molecular formula is C4H5ClN2OS. The van der Waals surface area contributed by atoms with E-state index in [1.54, 1.807) is 17.9 Å². The second kappa shape index (κ2) is 2.60. The van der Waals surface area contributed by atoms with E-state index in [9.17, 15) is 4.55 Å². The Morgan fingerprint density at radius 2 is 2.56 bits per heavy atom. The predicted molar refractivity (Wildman–Crippen MR) is 35.5 cm³/mol. The van der Waals surface area contributed by atoms with E-state index in [0.717, 1.165) is 0 Å². The van der Waals surface area contributed by atoms with Gasteiger partial charge in [-0.1, -0.05) is 0 Å². The zero-order valence-electron chi connectivity index (χ0n) is 4.74. The standard InChI is InChI=1S/C4H5ClN2OS/c1-7-3-4(2-6-7)9(5)8/h2-3H,1H3. The topological polar surface area (TPSA) is 40.9 Å². The van der Waals surface area contributed by atoms with Gasteiger partial charge in [-0.05, 0) is 0 Å². The van der Waals surface area contributed by atoms with Gasteiger partial charge in [0.15, 0.2) is 10.7 Å². The monoisotopic (exact) mass is 164 g/mol. The van der Waals surface area contributed by atoms with Gasteiger partial charge >= 0.3 is 0 Å². The van der Waals surface area contributed by atoms with E-state index in [1.165, 1.54) is 6.20 Å². The van der Waals surface area contributed by atoms with Gasteiger partial charge in [0, 0.05) is 7.05 Å². The summed E-state index contributed by atoms with van der Waals surface area (Å²) in [5, 5.41) is 3.78. The molecule has 1 heterocycles. The van der Waals surface area contributed by atoms with E-state index >= 15 is 0 Å². The van der Waals surface area contributed by atoms with Crippen molar-refractivity contribution in [3.05, 3.63) is 12.4 Å². The molecule has 0 aliphatic carbocycles. The average molecular weight is 165 g/mol. The molecule has 1 aromatic rings. The third-order valence-electron chi connectivity index (χ3n) is 0.866. The maximum absolute atomic E-state index is 10.5. The van der Waals surface area contributed by atoms with Crippen molar-refractivity contribution in [2.75, 3.05) is 0 Å². The highest BCUT2D eigenvalue weighted by atomic mass is 35.7. The van der Waals surface area contributed by atoms with E-state index in [4.69, 9.17) is 10.7 Å². The molecule has 1 atom stereocenters. The van der Waals surface area contributed by atoms with Crippen LogP contribution in [0, 0.1) is 0 Å². The number of aryl methyl sites for hydroxylation is 1. The Morgan fingerprint density at radius 3 is 2.78 bits per heavy atom. The van der Waals surface area contributed by atoms with E-state index in [1.807, 2.05) is 0 Å². The molecule has 0 saturated carbocycles. The Morgan fingerprint density at radius 1 is 1.89 bits per heavy atom. The molecule has 1 rings (SSSR count). The van der Waals surface area contributed by atoms with Crippen molar-refractivity contribution in [1.82, 2.24) is 9.78 Å². The van der Waals surface area contributed by atoms with Crippen molar-refractivity contribution >= 4 is 21.1 Å². The smallest absolute Gasteiger partial charge is 0.210 e. The minimum Gasteiger partial charge on any atom is -0.594 e. The van der Waals surface area contributed by atoms with Crippen LogP contribution in [0.15, 0.2) is 17.3 Å². The van der Waals surface area contributed by atoms with Crippen molar-refractivity contribution in [2.45, 2.75) is 4.90 Å². The number of halogens is 1. The molecule has 1 aromatic heterocycles. The zero-order valence-corrected chi connectivity index (χ0v) is 6.32. The molecule has 0 aliphatic rings. The number of nitrogens with zero attached hydrogens (tertiary/aromatic N) is 2. The van der Waals surface area contributed by atoms with Gasteiger partial charge < -0.3 is 4.55 Å². The summed E-state index contributed by atoms with van der Waals surface area (Å²) < 4.78 is 12.0. The highest BCUT2D eigenvalue weighted by molar-refractivity contribution is 8.13. The number of hydrogen-bond acceptors (Lipinski definition) is 2. The molecule has 1 unspecified atom stereocenters. The van der Waals surface area contributed by atoms with Gasteiger partial charge in [0.2, 0.25) is 4.90 Å². The first-order valence-electron chi connectivity index (χ1n) is 2.27. The van der Waals surface area contributed by atoms with Crippen LogP contribution >= 0.6 is 10.7 Å². The van der Waals surface area contributed by atoms with E-state index in [0.29, 0.717) is 4.90 Å². The fraction of sp³-hybridized carbons (Fsp3) is 0.250. The first-order chi connectivity index (χ1) is 4.20. The molecule has 5 heteroatoms. The normalized spacial score (nSPS) is 13.7. The van der Waals surface area contributed by atoms with Gasteiger partial charge in [-0.15, -0.1) is 0 Å². The number of rotatable bonds is 1. The minimum atomic E-state index is -1.42. The third kappa shape index (κ3) is 1.61. The molecule has 50 valence electrons. The van der Waals surface area contributed by atoms with Crippen molar-refractivity contribution in [3.63, 3.8) is 0 Å². The molecule has 0 N–H and O–H groups in total. The lowest BCUT2D eigenvalue weighted by atomic mass is 10.7. The Labute approximate surface area is 60.3 Å². The lowest BCUT2D eigenvalue weighted by Gasteiger charge is -1.90. The van der Waals surface area contributed by atoms with Gasteiger partial charge in [-0.2, -0.15) is 5.10 Å². The Kier molecular flexibility index (Phi) is 2.00. The van der Waals surface area contributed by atoms with Crippen LogP contribution in [0.1, 0.15) is 0 Å². The van der Waals surface area contributed by atoms with E-state index in [-0.39, 0.29) is 0 Å². The van der Waals surface area contributed by atoms with E-state index < -0.39 is 10.4 Å². The lowest BCUT2D eigenvalue weighted by molar-refractivity contribution is 0.608. The van der Waals surface area contributed by atoms with Crippen molar-refractivity contribution in [3.8, 4) is 0 Å². The highest BCUT2D eigenvalue weighted by Crippen LogP contribution is 2.11. The van der Waals surface area contributed by atoms with Crippen LogP contribution in [-0.2, 0) is 17.4 Å². The molecule has 0 bridgehead atoms. The molecule has 0 aromatic carbocycles. The summed E-state index contributed by atoms with van der Waals surface area (Å²) in [5.41, 5.74) is 0. The zero-order chi connectivity index (χ0) is 6.85. The summed E-state index contributed by atoms with van der Waals surface area (Å²) in [4.78, 5) is 0.541. The molecule has 9 heavy (non-hydrogen) atoms. The Balaban J connectivity index is 2.85. The molecule has 0 saturated heterocycles. The predicted octanol–water partition coefficient (Wildman–Crippen LogP) is 0.681. The maximum Gasteiger partial charge on any atom is 0.210 e. The summed E-state index contributed by atoms with van der Waals surface area (Å²) in [6.45, 7) is 0. The van der Waals surface area contributed by atoms with Gasteiger partial charge in [-0.3, -0.25) is 4.68 Å². The second-order valence-electron chi connectivity index (χ2n) is 1.57. The highest BCUT2D eigenvalue weighted by Gasteiger charge is 2.08. The average Bonchev–Trinajstić information content (AvgIpc) is 2.14.